The third kappa shape index (κ3) is 5.58. The van der Waals surface area contributed by atoms with Crippen LogP contribution in [0.1, 0.15) is 39.5 Å². The Morgan fingerprint density at radius 1 is 0.609 bits per heavy atom. The minimum atomic E-state index is -2.83. The molecule has 23 heavy (non-hydrogen) atoms. The zero-order chi connectivity index (χ0) is 17.9. The van der Waals surface area contributed by atoms with Gasteiger partial charge in [0.2, 0.25) is 0 Å². The average Bonchev–Trinajstić information content (AvgIpc) is 2.59. The van der Waals surface area contributed by atoms with Gasteiger partial charge in [0.05, 0.1) is 11.3 Å². The molecule has 0 aromatic rings. The number of rotatable bonds is 14. The van der Waals surface area contributed by atoms with Gasteiger partial charge < -0.3 is 31.9 Å². The molecule has 0 saturated carbocycles. The maximum atomic E-state index is 5.67. The zero-order valence-electron chi connectivity index (χ0n) is 15.9. The van der Waals surface area contributed by atoms with Crippen molar-refractivity contribution in [3.05, 3.63) is 0 Å². The Hall–Kier alpha value is 0.154. The molecule has 9 heteroatoms. The fourth-order valence-electron chi connectivity index (χ4n) is 2.90. The van der Waals surface area contributed by atoms with Crippen molar-refractivity contribution in [3.8, 4) is 0 Å². The molecule has 0 saturated heterocycles. The molecule has 0 rings (SSSR count). The predicted molar refractivity (Wildman–Crippen MR) is 94.1 cm³/mol. The highest BCUT2D eigenvalue weighted by molar-refractivity contribution is 6.64. The summed E-state index contributed by atoms with van der Waals surface area (Å²) in [7, 11) is 4.12. The first-order valence-electron chi connectivity index (χ1n) is 8.06. The summed E-state index contributed by atoms with van der Waals surface area (Å²) in [5.74, 6) is 0. The third-order valence-electron chi connectivity index (χ3n) is 4.12. The van der Waals surface area contributed by atoms with E-state index in [1.807, 2.05) is 0 Å². The Bertz CT molecular complexity index is 258. The topological polar surface area (TPSA) is 67.4 Å². The van der Waals surface area contributed by atoms with Crippen molar-refractivity contribution in [1.82, 2.24) is 5.32 Å². The SMILES string of the molecule is CCCC(NC(CCC)[Si](OC)(OC)OC)[Si](OC)(OC)OC. The van der Waals surface area contributed by atoms with Gasteiger partial charge in [0.1, 0.15) is 0 Å². The predicted octanol–water partition coefficient (Wildman–Crippen LogP) is 1.75. The minimum absolute atomic E-state index is 0.0589. The Morgan fingerprint density at radius 3 is 1.04 bits per heavy atom. The Balaban J connectivity index is 5.54. The lowest BCUT2D eigenvalue weighted by Gasteiger charge is -2.39. The molecule has 0 heterocycles. The zero-order valence-corrected chi connectivity index (χ0v) is 17.9. The lowest BCUT2D eigenvalue weighted by molar-refractivity contribution is 0.0878. The van der Waals surface area contributed by atoms with Crippen molar-refractivity contribution in [2.75, 3.05) is 42.7 Å². The Morgan fingerprint density at radius 2 is 0.870 bits per heavy atom. The Labute approximate surface area is 143 Å². The van der Waals surface area contributed by atoms with E-state index in [2.05, 4.69) is 19.2 Å². The van der Waals surface area contributed by atoms with Gasteiger partial charge in [-0.1, -0.05) is 26.7 Å². The first kappa shape index (κ1) is 23.2. The van der Waals surface area contributed by atoms with Crippen LogP contribution in [0.15, 0.2) is 0 Å². The van der Waals surface area contributed by atoms with Crippen LogP contribution in [0.4, 0.5) is 0 Å². The molecule has 1 N–H and O–H groups in total. The van der Waals surface area contributed by atoms with Gasteiger partial charge in [-0.3, -0.25) is 0 Å². The summed E-state index contributed by atoms with van der Waals surface area (Å²) >= 11 is 0. The molecule has 0 spiro atoms. The summed E-state index contributed by atoms with van der Waals surface area (Å²) in [5.41, 5.74) is -0.118. The van der Waals surface area contributed by atoms with E-state index < -0.39 is 17.6 Å². The normalized spacial score (nSPS) is 15.7. The highest BCUT2D eigenvalue weighted by atomic mass is 28.4. The van der Waals surface area contributed by atoms with Crippen molar-refractivity contribution in [3.63, 3.8) is 0 Å². The smallest absolute Gasteiger partial charge is 0.376 e. The molecule has 0 radical (unpaired) electrons. The summed E-state index contributed by atoms with van der Waals surface area (Å²) < 4.78 is 34.0. The van der Waals surface area contributed by atoms with Crippen LogP contribution in [0, 0.1) is 0 Å². The van der Waals surface area contributed by atoms with Crippen molar-refractivity contribution < 1.29 is 26.6 Å². The van der Waals surface area contributed by atoms with E-state index >= 15 is 0 Å². The molecule has 140 valence electrons. The summed E-state index contributed by atoms with van der Waals surface area (Å²) in [6, 6.07) is 0. The maximum absolute atomic E-state index is 5.67. The monoisotopic (exact) mass is 369 g/mol. The van der Waals surface area contributed by atoms with E-state index in [1.54, 1.807) is 42.7 Å². The average molecular weight is 370 g/mol. The second kappa shape index (κ2) is 11.7. The second-order valence-corrected chi connectivity index (χ2v) is 11.5. The second-order valence-electron chi connectivity index (χ2n) is 5.28. The summed E-state index contributed by atoms with van der Waals surface area (Å²) in [4.78, 5) is 0. The molecular formula is C14H35NO6Si2. The molecule has 0 bridgehead atoms. The van der Waals surface area contributed by atoms with Crippen LogP contribution < -0.4 is 5.32 Å². The van der Waals surface area contributed by atoms with E-state index in [-0.39, 0.29) is 11.3 Å². The van der Waals surface area contributed by atoms with Crippen LogP contribution >= 0.6 is 0 Å². The van der Waals surface area contributed by atoms with Gasteiger partial charge in [0, 0.05) is 42.7 Å². The molecule has 0 fully saturated rings. The largest absolute Gasteiger partial charge is 0.518 e. The fraction of sp³-hybridized carbons (Fsp3) is 1.00. The minimum Gasteiger partial charge on any atom is -0.376 e. The highest BCUT2D eigenvalue weighted by Crippen LogP contribution is 2.22. The number of nitrogens with one attached hydrogen (secondary N) is 1. The molecule has 0 aliphatic heterocycles. The fourth-order valence-corrected chi connectivity index (χ4v) is 7.87. The summed E-state index contributed by atoms with van der Waals surface area (Å²) in [6.07, 6.45) is 3.68. The molecule has 7 nitrogen and oxygen atoms in total. The van der Waals surface area contributed by atoms with E-state index in [0.29, 0.717) is 0 Å². The number of hydrogen-bond donors (Lipinski definition) is 1. The van der Waals surface area contributed by atoms with Gasteiger partial charge in [-0.25, -0.2) is 0 Å². The molecule has 0 aromatic heterocycles. The molecule has 0 amide bonds. The van der Waals surface area contributed by atoms with Crippen LogP contribution in [0.5, 0.6) is 0 Å². The maximum Gasteiger partial charge on any atom is 0.518 e. The van der Waals surface area contributed by atoms with Crippen LogP contribution in [0.25, 0.3) is 0 Å². The van der Waals surface area contributed by atoms with E-state index in [1.165, 1.54) is 0 Å². The third-order valence-corrected chi connectivity index (χ3v) is 10.1. The number of hydrogen-bond acceptors (Lipinski definition) is 7. The van der Waals surface area contributed by atoms with E-state index in [9.17, 15) is 0 Å². The molecule has 0 aliphatic carbocycles. The van der Waals surface area contributed by atoms with Gasteiger partial charge in [0.25, 0.3) is 0 Å². The van der Waals surface area contributed by atoms with Gasteiger partial charge in [-0.15, -0.1) is 0 Å². The lowest BCUT2D eigenvalue weighted by atomic mass is 10.3. The molecule has 0 aliphatic rings. The molecular weight excluding hydrogens is 334 g/mol. The standard InChI is InChI=1S/C14H35NO6Si2/c1-9-11-13(22(16-3,17-4)18-5)15-14(12-10-2)23(19-6,20-7)21-8/h13-15H,9-12H2,1-8H3. The van der Waals surface area contributed by atoms with Crippen molar-refractivity contribution in [1.29, 1.82) is 0 Å². The van der Waals surface area contributed by atoms with E-state index in [0.717, 1.165) is 25.7 Å². The van der Waals surface area contributed by atoms with Crippen molar-refractivity contribution >= 4 is 17.6 Å². The van der Waals surface area contributed by atoms with Gasteiger partial charge >= 0.3 is 17.6 Å². The van der Waals surface area contributed by atoms with Gasteiger partial charge in [-0.05, 0) is 12.8 Å². The van der Waals surface area contributed by atoms with Gasteiger partial charge in [0.15, 0.2) is 0 Å². The molecule has 0 aromatic carbocycles. The van der Waals surface area contributed by atoms with Crippen LogP contribution in [0.2, 0.25) is 0 Å². The lowest BCUT2D eigenvalue weighted by Crippen LogP contribution is -2.68. The first-order chi connectivity index (χ1) is 11.0. The molecule has 2 atom stereocenters. The van der Waals surface area contributed by atoms with Crippen molar-refractivity contribution in [2.24, 2.45) is 0 Å². The van der Waals surface area contributed by atoms with E-state index in [4.69, 9.17) is 26.6 Å². The molecule has 2 unspecified atom stereocenters. The van der Waals surface area contributed by atoms with Crippen LogP contribution in [-0.4, -0.2) is 71.6 Å². The first-order valence-corrected chi connectivity index (χ1v) is 11.7. The van der Waals surface area contributed by atoms with Crippen molar-refractivity contribution in [2.45, 2.75) is 50.9 Å². The summed E-state index contributed by atoms with van der Waals surface area (Å²) in [5, 5.41) is 3.62. The highest BCUT2D eigenvalue weighted by Gasteiger charge is 2.53. The summed E-state index contributed by atoms with van der Waals surface area (Å²) in [6.45, 7) is 4.24. The van der Waals surface area contributed by atoms with Gasteiger partial charge in [-0.2, -0.15) is 0 Å². The quantitative estimate of drug-likeness (QED) is 0.468. The van der Waals surface area contributed by atoms with Crippen LogP contribution in [-0.2, 0) is 26.6 Å². The van der Waals surface area contributed by atoms with Crippen LogP contribution in [0.3, 0.4) is 0 Å². The Kier molecular flexibility index (Phi) is 11.7.